The minimum absolute atomic E-state index is 0.246. The largest absolute Gasteiger partial charge is 0.260 e. The Morgan fingerprint density at radius 1 is 1.17 bits per heavy atom. The van der Waals surface area contributed by atoms with Gasteiger partial charge in [-0.25, -0.2) is 4.39 Å². The number of nitrogens with zero attached hydrogens (tertiary/aromatic N) is 2. The first-order chi connectivity index (χ1) is 8.74. The van der Waals surface area contributed by atoms with E-state index in [2.05, 4.69) is 21.0 Å². The van der Waals surface area contributed by atoms with Crippen LogP contribution in [0.2, 0.25) is 0 Å². The molecule has 2 nitrogen and oxygen atoms in total. The lowest BCUT2D eigenvalue weighted by Crippen LogP contribution is -2.01. The van der Waals surface area contributed by atoms with E-state index in [1.165, 1.54) is 6.07 Å². The van der Waals surface area contributed by atoms with E-state index in [-0.39, 0.29) is 5.82 Å². The average molecular weight is 305 g/mol. The van der Waals surface area contributed by atoms with Crippen LogP contribution in [0.1, 0.15) is 5.56 Å². The fourth-order valence-electron chi connectivity index (χ4n) is 1.96. The van der Waals surface area contributed by atoms with Crippen molar-refractivity contribution in [1.82, 2.24) is 9.78 Å². The molecule has 3 aromatic rings. The van der Waals surface area contributed by atoms with Crippen LogP contribution < -0.4 is 0 Å². The minimum Gasteiger partial charge on any atom is -0.260 e. The smallest absolute Gasteiger partial charge is 0.137 e. The summed E-state index contributed by atoms with van der Waals surface area (Å²) in [5.41, 5.74) is 2.09. The zero-order valence-corrected chi connectivity index (χ0v) is 11.1. The Balaban J connectivity index is 1.98. The SMILES string of the molecule is Fc1ccc(Cn2ncc3ccccc32)cc1Br. The van der Waals surface area contributed by atoms with Crippen LogP contribution in [0.4, 0.5) is 4.39 Å². The van der Waals surface area contributed by atoms with E-state index >= 15 is 0 Å². The number of rotatable bonds is 2. The van der Waals surface area contributed by atoms with E-state index in [0.29, 0.717) is 11.0 Å². The molecule has 0 amide bonds. The molecule has 18 heavy (non-hydrogen) atoms. The van der Waals surface area contributed by atoms with Gasteiger partial charge in [-0.15, -0.1) is 0 Å². The van der Waals surface area contributed by atoms with Gasteiger partial charge in [0.15, 0.2) is 0 Å². The van der Waals surface area contributed by atoms with Crippen molar-refractivity contribution in [2.75, 3.05) is 0 Å². The molecule has 0 aliphatic carbocycles. The fourth-order valence-corrected chi connectivity index (χ4v) is 2.39. The second-order valence-electron chi connectivity index (χ2n) is 4.11. The molecule has 2 aromatic carbocycles. The molecule has 1 aromatic heterocycles. The first-order valence-electron chi connectivity index (χ1n) is 5.58. The fraction of sp³-hybridized carbons (Fsp3) is 0.0714. The van der Waals surface area contributed by atoms with Crippen LogP contribution in [-0.2, 0) is 6.54 Å². The highest BCUT2D eigenvalue weighted by Gasteiger charge is 2.04. The first kappa shape index (κ1) is 11.4. The van der Waals surface area contributed by atoms with Gasteiger partial charge in [0.25, 0.3) is 0 Å². The van der Waals surface area contributed by atoms with Crippen molar-refractivity contribution < 1.29 is 4.39 Å². The Labute approximate surface area is 112 Å². The van der Waals surface area contributed by atoms with Gasteiger partial charge < -0.3 is 0 Å². The van der Waals surface area contributed by atoms with E-state index in [1.54, 1.807) is 12.1 Å². The number of fused-ring (bicyclic) bond motifs is 1. The van der Waals surface area contributed by atoms with Crippen molar-refractivity contribution in [3.63, 3.8) is 0 Å². The lowest BCUT2D eigenvalue weighted by molar-refractivity contribution is 0.618. The maximum atomic E-state index is 13.2. The van der Waals surface area contributed by atoms with Crippen molar-refractivity contribution in [3.05, 3.63) is 64.5 Å². The third-order valence-electron chi connectivity index (χ3n) is 2.87. The summed E-state index contributed by atoms with van der Waals surface area (Å²) in [5, 5.41) is 5.46. The third kappa shape index (κ3) is 2.04. The number of halogens is 2. The Morgan fingerprint density at radius 2 is 2.00 bits per heavy atom. The molecule has 0 saturated heterocycles. The highest BCUT2D eigenvalue weighted by atomic mass is 79.9. The van der Waals surface area contributed by atoms with Crippen molar-refractivity contribution in [2.45, 2.75) is 6.54 Å². The molecule has 3 rings (SSSR count). The van der Waals surface area contributed by atoms with Crippen LogP contribution in [0.25, 0.3) is 10.9 Å². The number of benzene rings is 2. The van der Waals surface area contributed by atoms with Gasteiger partial charge in [0.1, 0.15) is 5.82 Å². The van der Waals surface area contributed by atoms with Gasteiger partial charge in [-0.1, -0.05) is 24.3 Å². The van der Waals surface area contributed by atoms with Crippen molar-refractivity contribution in [2.24, 2.45) is 0 Å². The van der Waals surface area contributed by atoms with Crippen LogP contribution in [-0.4, -0.2) is 9.78 Å². The van der Waals surface area contributed by atoms with E-state index in [9.17, 15) is 4.39 Å². The predicted octanol–water partition coefficient (Wildman–Crippen LogP) is 3.99. The Hall–Kier alpha value is -1.68. The molecule has 0 saturated carbocycles. The van der Waals surface area contributed by atoms with E-state index in [0.717, 1.165) is 16.5 Å². The zero-order valence-electron chi connectivity index (χ0n) is 9.48. The number of hydrogen-bond acceptors (Lipinski definition) is 1. The molecule has 0 aliphatic heterocycles. The summed E-state index contributed by atoms with van der Waals surface area (Å²) in [7, 11) is 0. The lowest BCUT2D eigenvalue weighted by atomic mass is 10.2. The number of hydrogen-bond donors (Lipinski definition) is 0. The predicted molar refractivity (Wildman–Crippen MR) is 72.9 cm³/mol. The van der Waals surface area contributed by atoms with Gasteiger partial charge in [-0.05, 0) is 39.7 Å². The Kier molecular flexibility index (Phi) is 2.88. The molecule has 0 bridgehead atoms. The van der Waals surface area contributed by atoms with E-state index in [1.807, 2.05) is 35.1 Å². The zero-order chi connectivity index (χ0) is 12.5. The summed E-state index contributed by atoms with van der Waals surface area (Å²) in [6.45, 7) is 0.631. The maximum Gasteiger partial charge on any atom is 0.137 e. The summed E-state index contributed by atoms with van der Waals surface area (Å²) in [5.74, 6) is -0.246. The topological polar surface area (TPSA) is 17.8 Å². The van der Waals surface area contributed by atoms with Crippen molar-refractivity contribution in [1.29, 1.82) is 0 Å². The molecule has 0 N–H and O–H groups in total. The Bertz CT molecular complexity index is 706. The van der Waals surface area contributed by atoms with Crippen LogP contribution in [0.3, 0.4) is 0 Å². The second kappa shape index (κ2) is 4.53. The molecule has 90 valence electrons. The molecule has 0 fully saturated rings. The van der Waals surface area contributed by atoms with Crippen LogP contribution >= 0.6 is 15.9 Å². The van der Waals surface area contributed by atoms with Gasteiger partial charge >= 0.3 is 0 Å². The molecule has 4 heteroatoms. The minimum atomic E-state index is -0.246. The molecule has 0 unspecified atom stereocenters. The molecule has 0 atom stereocenters. The van der Waals surface area contributed by atoms with E-state index < -0.39 is 0 Å². The second-order valence-corrected chi connectivity index (χ2v) is 4.96. The van der Waals surface area contributed by atoms with Crippen molar-refractivity contribution >= 4 is 26.8 Å². The molecular weight excluding hydrogens is 295 g/mol. The highest BCUT2D eigenvalue weighted by Crippen LogP contribution is 2.19. The van der Waals surface area contributed by atoms with Gasteiger partial charge in [-0.2, -0.15) is 5.10 Å². The quantitative estimate of drug-likeness (QED) is 0.700. The summed E-state index contributed by atoms with van der Waals surface area (Å²) >= 11 is 3.20. The standard InChI is InChI=1S/C14H10BrFN2/c15-12-7-10(5-6-13(12)16)9-18-14-4-2-1-3-11(14)8-17-18/h1-8H,9H2. The number of para-hydroxylation sites is 1. The summed E-state index contributed by atoms with van der Waals surface area (Å²) in [6.07, 6.45) is 1.84. The third-order valence-corrected chi connectivity index (χ3v) is 3.48. The van der Waals surface area contributed by atoms with Gasteiger partial charge in [-0.3, -0.25) is 4.68 Å². The first-order valence-corrected chi connectivity index (χ1v) is 6.38. The molecule has 0 radical (unpaired) electrons. The monoisotopic (exact) mass is 304 g/mol. The molecule has 1 heterocycles. The Morgan fingerprint density at radius 3 is 2.83 bits per heavy atom. The summed E-state index contributed by atoms with van der Waals surface area (Å²) < 4.78 is 15.6. The van der Waals surface area contributed by atoms with E-state index in [4.69, 9.17) is 0 Å². The van der Waals surface area contributed by atoms with Gasteiger partial charge in [0, 0.05) is 5.39 Å². The van der Waals surface area contributed by atoms with Crippen LogP contribution in [0, 0.1) is 5.82 Å². The highest BCUT2D eigenvalue weighted by molar-refractivity contribution is 9.10. The summed E-state index contributed by atoms with van der Waals surface area (Å²) in [6, 6.07) is 13.1. The van der Waals surface area contributed by atoms with Crippen molar-refractivity contribution in [3.8, 4) is 0 Å². The normalized spacial score (nSPS) is 11.0. The average Bonchev–Trinajstić information content (AvgIpc) is 2.78. The summed E-state index contributed by atoms with van der Waals surface area (Å²) in [4.78, 5) is 0. The van der Waals surface area contributed by atoms with Crippen LogP contribution in [0.15, 0.2) is 53.1 Å². The number of aromatic nitrogens is 2. The maximum absolute atomic E-state index is 13.2. The molecule has 0 aliphatic rings. The van der Waals surface area contributed by atoms with Gasteiger partial charge in [0.05, 0.1) is 22.7 Å². The van der Waals surface area contributed by atoms with Gasteiger partial charge in [0.2, 0.25) is 0 Å². The molecular formula is C14H10BrFN2. The molecule has 0 spiro atoms. The van der Waals surface area contributed by atoms with Crippen LogP contribution in [0.5, 0.6) is 0 Å². The lowest BCUT2D eigenvalue weighted by Gasteiger charge is -2.05.